The molecule has 5 aliphatic rings. The quantitative estimate of drug-likeness (QED) is 0.646. The fraction of sp³-hybridized carbons (Fsp3) is 0.565. The van der Waals surface area contributed by atoms with Gasteiger partial charge in [-0.25, -0.2) is 0 Å². The zero-order chi connectivity index (χ0) is 20.2. The number of imide groups is 1. The molecule has 6 rings (SSSR count). The van der Waals surface area contributed by atoms with E-state index < -0.39 is 0 Å². The van der Waals surface area contributed by atoms with Crippen LogP contribution in [0.15, 0.2) is 30.0 Å². The molecule has 1 aliphatic heterocycles. The maximum absolute atomic E-state index is 12.6. The highest BCUT2D eigenvalue weighted by Crippen LogP contribution is 2.61. The summed E-state index contributed by atoms with van der Waals surface area (Å²) in [4.78, 5) is 25.7. The lowest BCUT2D eigenvalue weighted by molar-refractivity contribution is -0.137. The van der Waals surface area contributed by atoms with Gasteiger partial charge in [0.05, 0.1) is 24.5 Å². The van der Waals surface area contributed by atoms with E-state index in [-0.39, 0.29) is 36.1 Å². The largest absolute Gasteiger partial charge is 0.395 e. The summed E-state index contributed by atoms with van der Waals surface area (Å²) in [6, 6.07) is 6.52. The summed E-state index contributed by atoms with van der Waals surface area (Å²) in [5.41, 5.74) is 3.63. The van der Waals surface area contributed by atoms with Crippen LogP contribution < -0.4 is 10.6 Å². The molecule has 0 spiro atoms. The molecule has 4 fully saturated rings. The summed E-state index contributed by atoms with van der Waals surface area (Å²) in [6.45, 7) is -0.215. The van der Waals surface area contributed by atoms with Crippen LogP contribution in [0.5, 0.6) is 0 Å². The van der Waals surface area contributed by atoms with Crippen LogP contribution in [0.4, 0.5) is 11.4 Å². The lowest BCUT2D eigenvalue weighted by Gasteiger charge is -2.57. The first-order valence-electron chi connectivity index (χ1n) is 10.8. The van der Waals surface area contributed by atoms with Gasteiger partial charge in [-0.15, -0.1) is 0 Å². The highest BCUT2D eigenvalue weighted by molar-refractivity contribution is 6.17. The smallest absolute Gasteiger partial charge is 0.277 e. The van der Waals surface area contributed by atoms with Crippen molar-refractivity contribution >= 4 is 23.2 Å². The zero-order valence-electron chi connectivity index (χ0n) is 16.9. The van der Waals surface area contributed by atoms with E-state index >= 15 is 0 Å². The van der Waals surface area contributed by atoms with E-state index in [1.54, 1.807) is 0 Å². The Morgan fingerprint density at radius 2 is 1.72 bits per heavy atom. The number of hydrogen-bond donors (Lipinski definition) is 3. The molecular weight excluding hydrogens is 366 g/mol. The van der Waals surface area contributed by atoms with Crippen molar-refractivity contribution in [3.8, 4) is 0 Å². The first-order chi connectivity index (χ1) is 14.0. The molecule has 154 valence electrons. The van der Waals surface area contributed by atoms with Gasteiger partial charge >= 0.3 is 0 Å². The molecule has 0 saturated heterocycles. The fourth-order valence-corrected chi connectivity index (χ4v) is 6.71. The number of β-amino-alcohol motifs (C(OH)–C–C–N with tert-alkyl or cyclic N) is 1. The lowest BCUT2D eigenvalue weighted by Crippen LogP contribution is -2.48. The van der Waals surface area contributed by atoms with Crippen molar-refractivity contribution in [2.45, 2.75) is 43.9 Å². The lowest BCUT2D eigenvalue weighted by atomic mass is 9.48. The monoisotopic (exact) mass is 395 g/mol. The molecule has 4 aliphatic carbocycles. The van der Waals surface area contributed by atoms with Gasteiger partial charge in [0, 0.05) is 13.1 Å². The molecule has 6 heteroatoms. The van der Waals surface area contributed by atoms with Crippen molar-refractivity contribution in [1.29, 1.82) is 0 Å². The summed E-state index contributed by atoms with van der Waals surface area (Å²) in [6.07, 6.45) is 9.38. The molecule has 1 aromatic carbocycles. The van der Waals surface area contributed by atoms with Crippen LogP contribution in [0.25, 0.3) is 0 Å². The van der Waals surface area contributed by atoms with Crippen molar-refractivity contribution in [2.75, 3.05) is 30.8 Å². The van der Waals surface area contributed by atoms with E-state index in [4.69, 9.17) is 5.11 Å². The van der Waals surface area contributed by atoms with Crippen LogP contribution in [-0.2, 0) is 15.0 Å². The molecule has 0 radical (unpaired) electrons. The summed E-state index contributed by atoms with van der Waals surface area (Å²) in [5, 5.41) is 15.5. The standard InChI is InChI=1S/C23H29N3O3/c1-24-18-3-2-17(23-11-14-6-15(12-23)8-16(7-14)13-23)9-19(18)25-20-10-21(28)26(4-5-27)22(20)29/h2-3,9-10,14-16,24-25,27H,4-8,11-13H2,1H3. The van der Waals surface area contributed by atoms with E-state index in [1.165, 1.54) is 50.2 Å². The summed E-state index contributed by atoms with van der Waals surface area (Å²) >= 11 is 0. The topological polar surface area (TPSA) is 81.7 Å². The number of nitrogens with one attached hydrogen (secondary N) is 2. The molecule has 6 nitrogen and oxygen atoms in total. The van der Waals surface area contributed by atoms with Gasteiger partial charge in [-0.3, -0.25) is 14.5 Å². The van der Waals surface area contributed by atoms with E-state index in [2.05, 4.69) is 28.8 Å². The van der Waals surface area contributed by atoms with Crippen LogP contribution in [0.2, 0.25) is 0 Å². The third-order valence-corrected chi connectivity index (χ3v) is 7.54. The second-order valence-corrected chi connectivity index (χ2v) is 9.41. The number of nitrogens with zero attached hydrogens (tertiary/aromatic N) is 1. The summed E-state index contributed by atoms with van der Waals surface area (Å²) < 4.78 is 0. The molecule has 3 N–H and O–H groups in total. The minimum absolute atomic E-state index is 0.0194. The van der Waals surface area contributed by atoms with Crippen LogP contribution in [0.1, 0.15) is 44.1 Å². The Labute approximate surface area is 171 Å². The van der Waals surface area contributed by atoms with Gasteiger partial charge in [-0.05, 0) is 79.4 Å². The average molecular weight is 396 g/mol. The Bertz CT molecular complexity index is 856. The number of carbonyl (C=O) groups excluding carboxylic acids is 2. The molecule has 0 atom stereocenters. The molecule has 2 amide bonds. The zero-order valence-corrected chi connectivity index (χ0v) is 16.9. The average Bonchev–Trinajstić information content (AvgIpc) is 2.95. The molecule has 0 unspecified atom stereocenters. The SMILES string of the molecule is CNc1ccc(C23CC4CC(CC(C4)C2)C3)cc1NC1=CC(=O)N(CCO)C1=O. The van der Waals surface area contributed by atoms with Gasteiger partial charge in [0.15, 0.2) is 0 Å². The number of aliphatic hydroxyl groups excluding tert-OH is 1. The Morgan fingerprint density at radius 3 is 2.31 bits per heavy atom. The number of amides is 2. The van der Waals surface area contributed by atoms with Crippen molar-refractivity contribution < 1.29 is 14.7 Å². The predicted molar refractivity (Wildman–Crippen MR) is 111 cm³/mol. The predicted octanol–water partition coefficient (Wildman–Crippen LogP) is 2.85. The van der Waals surface area contributed by atoms with E-state index in [0.29, 0.717) is 0 Å². The number of hydrogen-bond acceptors (Lipinski definition) is 5. The third-order valence-electron chi connectivity index (χ3n) is 7.54. The fourth-order valence-electron chi connectivity index (χ4n) is 6.71. The van der Waals surface area contributed by atoms with E-state index in [0.717, 1.165) is 34.0 Å². The van der Waals surface area contributed by atoms with Gasteiger partial charge in [-0.2, -0.15) is 0 Å². The maximum atomic E-state index is 12.6. The van der Waals surface area contributed by atoms with Crippen molar-refractivity contribution in [3.05, 3.63) is 35.5 Å². The number of carbonyl (C=O) groups is 2. The maximum Gasteiger partial charge on any atom is 0.277 e. The third kappa shape index (κ3) is 3.05. The Kier molecular flexibility index (Phi) is 4.42. The van der Waals surface area contributed by atoms with Crippen LogP contribution in [0, 0.1) is 17.8 Å². The minimum Gasteiger partial charge on any atom is -0.395 e. The molecule has 4 saturated carbocycles. The van der Waals surface area contributed by atoms with Gasteiger partial charge in [-0.1, -0.05) is 6.07 Å². The van der Waals surface area contributed by atoms with Crippen molar-refractivity contribution in [3.63, 3.8) is 0 Å². The van der Waals surface area contributed by atoms with Gasteiger partial charge in [0.25, 0.3) is 11.8 Å². The van der Waals surface area contributed by atoms with Crippen LogP contribution in [-0.4, -0.2) is 42.0 Å². The first kappa shape index (κ1) is 18.7. The van der Waals surface area contributed by atoms with Crippen molar-refractivity contribution in [2.24, 2.45) is 17.8 Å². The van der Waals surface area contributed by atoms with Crippen molar-refractivity contribution in [1.82, 2.24) is 4.90 Å². The van der Waals surface area contributed by atoms with E-state index in [1.807, 2.05) is 7.05 Å². The second kappa shape index (κ2) is 6.87. The Morgan fingerprint density at radius 1 is 1.07 bits per heavy atom. The van der Waals surface area contributed by atoms with Crippen LogP contribution in [0.3, 0.4) is 0 Å². The molecule has 0 aromatic heterocycles. The highest BCUT2D eigenvalue weighted by atomic mass is 16.3. The molecule has 4 bridgehead atoms. The van der Waals surface area contributed by atoms with Gasteiger partial charge in [0.2, 0.25) is 0 Å². The highest BCUT2D eigenvalue weighted by Gasteiger charge is 2.51. The Hall–Kier alpha value is -2.34. The Balaban J connectivity index is 1.45. The number of aliphatic hydroxyl groups is 1. The molecule has 29 heavy (non-hydrogen) atoms. The van der Waals surface area contributed by atoms with Crippen LogP contribution >= 0.6 is 0 Å². The molecule has 1 aromatic rings. The van der Waals surface area contributed by atoms with Gasteiger partial charge < -0.3 is 15.7 Å². The summed E-state index contributed by atoms with van der Waals surface area (Å²) in [5.74, 6) is 1.84. The number of rotatable bonds is 6. The van der Waals surface area contributed by atoms with E-state index in [9.17, 15) is 9.59 Å². The number of anilines is 2. The van der Waals surface area contributed by atoms with Gasteiger partial charge in [0.1, 0.15) is 5.70 Å². The molecule has 1 heterocycles. The second-order valence-electron chi connectivity index (χ2n) is 9.41. The minimum atomic E-state index is -0.383. The normalized spacial score (nSPS) is 32.7. The summed E-state index contributed by atoms with van der Waals surface area (Å²) in [7, 11) is 1.86. The molecular formula is C23H29N3O3. The number of benzene rings is 1. The first-order valence-corrected chi connectivity index (χ1v) is 10.8.